The maximum Gasteiger partial charge on any atom is 0.0931 e. The van der Waals surface area contributed by atoms with Crippen LogP contribution in [0, 0.1) is 5.92 Å². The number of thiophene rings is 2. The second-order valence-electron chi connectivity index (χ2n) is 5.02. The third-order valence-corrected chi connectivity index (χ3v) is 5.56. The molecule has 2 unspecified atom stereocenters. The Morgan fingerprint density at radius 1 is 1.21 bits per heavy atom. The van der Waals surface area contributed by atoms with E-state index in [0.29, 0.717) is 12.0 Å². The van der Waals surface area contributed by atoms with Gasteiger partial charge in [-0.1, -0.05) is 38.4 Å². The molecule has 0 aliphatic heterocycles. The minimum absolute atomic E-state index is 0.268. The summed E-state index contributed by atoms with van der Waals surface area (Å²) in [6, 6.07) is 9.22. The Kier molecular flexibility index (Phi) is 5.46. The van der Waals surface area contributed by atoms with Crippen LogP contribution in [0.2, 0.25) is 4.34 Å². The van der Waals surface area contributed by atoms with Crippen molar-refractivity contribution in [2.75, 3.05) is 0 Å². The molecule has 2 rings (SSSR count). The summed E-state index contributed by atoms with van der Waals surface area (Å²) in [7, 11) is 0. The maximum atomic E-state index is 6.09. The zero-order valence-electron chi connectivity index (χ0n) is 11.5. The number of hydrogen-bond acceptors (Lipinski definition) is 3. The molecule has 0 saturated carbocycles. The molecule has 0 spiro atoms. The first-order valence-electron chi connectivity index (χ1n) is 6.66. The van der Waals surface area contributed by atoms with E-state index >= 15 is 0 Å². The molecule has 0 radical (unpaired) electrons. The van der Waals surface area contributed by atoms with Crippen molar-refractivity contribution in [1.29, 1.82) is 0 Å². The van der Waals surface area contributed by atoms with Crippen LogP contribution >= 0.6 is 34.3 Å². The standard InChI is InChI=1S/C15H20ClNS2/c1-4-11(10(2)3)17-15(12-6-5-9-18-12)13-7-8-14(16)19-13/h5-11,15,17H,4H2,1-3H3. The lowest BCUT2D eigenvalue weighted by Gasteiger charge is -2.26. The third-order valence-electron chi connectivity index (χ3n) is 3.33. The largest absolute Gasteiger partial charge is 0.302 e. The summed E-state index contributed by atoms with van der Waals surface area (Å²) in [6.45, 7) is 6.78. The molecule has 2 heterocycles. The number of halogens is 1. The minimum Gasteiger partial charge on any atom is -0.302 e. The lowest BCUT2D eigenvalue weighted by molar-refractivity contribution is 0.368. The summed E-state index contributed by atoms with van der Waals surface area (Å²) in [5.41, 5.74) is 0. The van der Waals surface area contributed by atoms with E-state index in [0.717, 1.165) is 10.8 Å². The second kappa shape index (κ2) is 6.89. The van der Waals surface area contributed by atoms with Gasteiger partial charge in [-0.3, -0.25) is 0 Å². The van der Waals surface area contributed by atoms with Crippen LogP contribution in [0.5, 0.6) is 0 Å². The van der Waals surface area contributed by atoms with Gasteiger partial charge in [-0.15, -0.1) is 22.7 Å². The van der Waals surface area contributed by atoms with E-state index in [1.807, 2.05) is 6.07 Å². The zero-order valence-corrected chi connectivity index (χ0v) is 13.9. The molecular formula is C15H20ClNS2. The molecule has 4 heteroatoms. The van der Waals surface area contributed by atoms with E-state index in [9.17, 15) is 0 Å². The zero-order chi connectivity index (χ0) is 13.8. The Morgan fingerprint density at radius 2 is 2.00 bits per heavy atom. The molecule has 0 aliphatic carbocycles. The molecule has 0 aromatic carbocycles. The van der Waals surface area contributed by atoms with Gasteiger partial charge in [-0.2, -0.15) is 0 Å². The van der Waals surface area contributed by atoms with Crippen molar-refractivity contribution < 1.29 is 0 Å². The van der Waals surface area contributed by atoms with Crippen LogP contribution in [0.4, 0.5) is 0 Å². The van der Waals surface area contributed by atoms with Crippen LogP contribution < -0.4 is 5.32 Å². The molecule has 0 aliphatic rings. The Morgan fingerprint density at radius 3 is 2.47 bits per heavy atom. The fourth-order valence-electron chi connectivity index (χ4n) is 2.24. The molecule has 104 valence electrons. The summed E-state index contributed by atoms with van der Waals surface area (Å²) >= 11 is 9.56. The molecular weight excluding hydrogens is 294 g/mol. The first-order valence-corrected chi connectivity index (χ1v) is 8.74. The van der Waals surface area contributed by atoms with Gasteiger partial charge in [0, 0.05) is 15.8 Å². The van der Waals surface area contributed by atoms with Gasteiger partial charge in [0.25, 0.3) is 0 Å². The highest BCUT2D eigenvalue weighted by molar-refractivity contribution is 7.16. The molecule has 2 aromatic rings. The predicted octanol–water partition coefficient (Wildman–Crippen LogP) is 5.58. The highest BCUT2D eigenvalue weighted by atomic mass is 35.5. The summed E-state index contributed by atoms with van der Waals surface area (Å²) < 4.78 is 0.857. The average Bonchev–Trinajstić information content (AvgIpc) is 3.01. The number of hydrogen-bond donors (Lipinski definition) is 1. The van der Waals surface area contributed by atoms with Crippen LogP contribution in [0.1, 0.15) is 43.0 Å². The first kappa shape index (κ1) is 15.0. The highest BCUT2D eigenvalue weighted by Gasteiger charge is 2.22. The molecule has 1 N–H and O–H groups in total. The van der Waals surface area contributed by atoms with Gasteiger partial charge < -0.3 is 5.32 Å². The Balaban J connectivity index is 2.25. The van der Waals surface area contributed by atoms with Gasteiger partial charge in [0.15, 0.2) is 0 Å². The Labute approximate surface area is 128 Å². The topological polar surface area (TPSA) is 12.0 Å². The van der Waals surface area contributed by atoms with Crippen LogP contribution in [-0.4, -0.2) is 6.04 Å². The van der Waals surface area contributed by atoms with E-state index in [1.54, 1.807) is 22.7 Å². The smallest absolute Gasteiger partial charge is 0.0931 e. The molecule has 1 nitrogen and oxygen atoms in total. The average molecular weight is 314 g/mol. The van der Waals surface area contributed by atoms with E-state index in [-0.39, 0.29) is 6.04 Å². The fourth-order valence-corrected chi connectivity index (χ4v) is 4.26. The van der Waals surface area contributed by atoms with Gasteiger partial charge in [0.05, 0.1) is 10.4 Å². The molecule has 2 aromatic heterocycles. The lowest BCUT2D eigenvalue weighted by Crippen LogP contribution is -2.36. The van der Waals surface area contributed by atoms with Gasteiger partial charge >= 0.3 is 0 Å². The molecule has 0 fully saturated rings. The van der Waals surface area contributed by atoms with Crippen molar-refractivity contribution in [3.8, 4) is 0 Å². The van der Waals surface area contributed by atoms with Gasteiger partial charge in [0.2, 0.25) is 0 Å². The molecule has 19 heavy (non-hydrogen) atoms. The molecule has 0 bridgehead atoms. The van der Waals surface area contributed by atoms with Crippen LogP contribution in [0.15, 0.2) is 29.6 Å². The monoisotopic (exact) mass is 313 g/mol. The van der Waals surface area contributed by atoms with Gasteiger partial charge in [-0.05, 0) is 35.9 Å². The fraction of sp³-hybridized carbons (Fsp3) is 0.467. The van der Waals surface area contributed by atoms with Gasteiger partial charge in [-0.25, -0.2) is 0 Å². The van der Waals surface area contributed by atoms with Crippen LogP contribution in [0.3, 0.4) is 0 Å². The summed E-state index contributed by atoms with van der Waals surface area (Å²) in [5.74, 6) is 0.628. The van der Waals surface area contributed by atoms with Crippen molar-refractivity contribution >= 4 is 34.3 Å². The number of rotatable bonds is 6. The SMILES string of the molecule is CCC(NC(c1cccs1)c1ccc(Cl)s1)C(C)C. The first-order chi connectivity index (χ1) is 9.11. The van der Waals surface area contributed by atoms with E-state index < -0.39 is 0 Å². The highest BCUT2D eigenvalue weighted by Crippen LogP contribution is 2.34. The van der Waals surface area contributed by atoms with Crippen molar-refractivity contribution in [2.24, 2.45) is 5.92 Å². The Bertz CT molecular complexity index is 490. The van der Waals surface area contributed by atoms with Crippen molar-refractivity contribution in [3.63, 3.8) is 0 Å². The molecule has 0 saturated heterocycles. The van der Waals surface area contributed by atoms with Crippen molar-refractivity contribution in [3.05, 3.63) is 43.7 Å². The predicted molar refractivity (Wildman–Crippen MR) is 87.5 cm³/mol. The van der Waals surface area contributed by atoms with E-state index in [1.165, 1.54) is 9.75 Å². The lowest BCUT2D eigenvalue weighted by atomic mass is 10.00. The summed E-state index contributed by atoms with van der Waals surface area (Å²) in [5, 5.41) is 5.93. The number of nitrogens with one attached hydrogen (secondary N) is 1. The van der Waals surface area contributed by atoms with Crippen LogP contribution in [-0.2, 0) is 0 Å². The summed E-state index contributed by atoms with van der Waals surface area (Å²) in [6.07, 6.45) is 1.14. The second-order valence-corrected chi connectivity index (χ2v) is 7.74. The van der Waals surface area contributed by atoms with Gasteiger partial charge in [0.1, 0.15) is 0 Å². The normalized spacial score (nSPS) is 14.8. The molecule has 2 atom stereocenters. The molecule has 0 amide bonds. The quantitative estimate of drug-likeness (QED) is 0.734. The van der Waals surface area contributed by atoms with Crippen LogP contribution in [0.25, 0.3) is 0 Å². The maximum absolute atomic E-state index is 6.09. The van der Waals surface area contributed by atoms with Crippen molar-refractivity contribution in [2.45, 2.75) is 39.3 Å². The summed E-state index contributed by atoms with van der Waals surface area (Å²) in [4.78, 5) is 2.66. The van der Waals surface area contributed by atoms with E-state index in [2.05, 4.69) is 49.7 Å². The third kappa shape index (κ3) is 3.82. The van der Waals surface area contributed by atoms with E-state index in [4.69, 9.17) is 11.6 Å². The van der Waals surface area contributed by atoms with Crippen molar-refractivity contribution in [1.82, 2.24) is 5.32 Å². The minimum atomic E-state index is 0.268. The Hall–Kier alpha value is -0.350.